The maximum absolute atomic E-state index is 13.0. The molecule has 1 aliphatic carbocycles. The maximum atomic E-state index is 13.0. The molecule has 7 heteroatoms. The number of hydrogen-bond donors (Lipinski definition) is 2. The van der Waals surface area contributed by atoms with Crippen molar-refractivity contribution >= 4 is 17.5 Å². The van der Waals surface area contributed by atoms with E-state index < -0.39 is 11.6 Å². The first-order valence-corrected chi connectivity index (χ1v) is 8.16. The van der Waals surface area contributed by atoms with Gasteiger partial charge in [-0.3, -0.25) is 19.6 Å². The van der Waals surface area contributed by atoms with E-state index >= 15 is 0 Å². The predicted molar refractivity (Wildman–Crippen MR) is 87.1 cm³/mol. The number of para-hydroxylation sites is 1. The molecule has 0 spiro atoms. The number of nitrogens with zero attached hydrogens (tertiary/aromatic N) is 3. The Morgan fingerprint density at radius 1 is 1.33 bits per heavy atom. The van der Waals surface area contributed by atoms with E-state index in [9.17, 15) is 9.59 Å². The van der Waals surface area contributed by atoms with Crippen LogP contribution < -0.4 is 10.2 Å². The molecule has 1 aromatic heterocycles. The standard InChI is InChI=1S/C17H19N5O2/c1-11(23)22-13-6-3-2-5-12(13)9-14(22)15(24)20-17(7-4-8-17)16-18-10-19-21-16/h2-3,5-6,10,14H,4,7-9H2,1H3,(H,20,24)(H,18,19,21)/t14-/m0/s1. The van der Waals surface area contributed by atoms with Gasteiger partial charge in [0.15, 0.2) is 0 Å². The zero-order valence-electron chi connectivity index (χ0n) is 13.5. The number of H-pyrrole nitrogens is 1. The number of nitrogens with one attached hydrogen (secondary N) is 2. The van der Waals surface area contributed by atoms with Crippen LogP contribution in [0.2, 0.25) is 0 Å². The quantitative estimate of drug-likeness (QED) is 0.889. The molecule has 0 unspecified atom stereocenters. The normalized spacial score (nSPS) is 21.0. The van der Waals surface area contributed by atoms with Crippen LogP contribution in [0.15, 0.2) is 30.6 Å². The van der Waals surface area contributed by atoms with E-state index in [1.807, 2.05) is 24.3 Å². The fraction of sp³-hybridized carbons (Fsp3) is 0.412. The van der Waals surface area contributed by atoms with Crippen molar-refractivity contribution in [3.63, 3.8) is 0 Å². The van der Waals surface area contributed by atoms with E-state index in [0.717, 1.165) is 30.5 Å². The van der Waals surface area contributed by atoms with Crippen LogP contribution in [0.5, 0.6) is 0 Å². The zero-order valence-corrected chi connectivity index (χ0v) is 13.5. The molecule has 1 atom stereocenters. The molecule has 0 bridgehead atoms. The zero-order chi connectivity index (χ0) is 16.7. The van der Waals surface area contributed by atoms with Gasteiger partial charge in [0.05, 0.1) is 5.54 Å². The van der Waals surface area contributed by atoms with Gasteiger partial charge in [-0.1, -0.05) is 18.2 Å². The molecule has 2 N–H and O–H groups in total. The Bertz CT molecular complexity index is 782. The lowest BCUT2D eigenvalue weighted by atomic mass is 9.76. The lowest BCUT2D eigenvalue weighted by Gasteiger charge is -2.41. The monoisotopic (exact) mass is 325 g/mol. The van der Waals surface area contributed by atoms with Crippen molar-refractivity contribution in [3.8, 4) is 0 Å². The molecule has 2 aromatic rings. The highest BCUT2D eigenvalue weighted by Crippen LogP contribution is 2.40. The SMILES string of the molecule is CC(=O)N1c2ccccc2C[C@H]1C(=O)NC1(c2ncn[nH]2)CCC1. The lowest BCUT2D eigenvalue weighted by molar-refractivity contribution is -0.128. The fourth-order valence-corrected chi connectivity index (χ4v) is 3.69. The van der Waals surface area contributed by atoms with Crippen molar-refractivity contribution in [1.29, 1.82) is 0 Å². The van der Waals surface area contributed by atoms with Crippen LogP contribution in [0.4, 0.5) is 5.69 Å². The lowest BCUT2D eigenvalue weighted by Crippen LogP contribution is -2.57. The molecule has 1 aromatic carbocycles. The summed E-state index contributed by atoms with van der Waals surface area (Å²) in [5, 5.41) is 9.90. The summed E-state index contributed by atoms with van der Waals surface area (Å²) in [6.45, 7) is 1.50. The van der Waals surface area contributed by atoms with Crippen molar-refractivity contribution in [3.05, 3.63) is 42.0 Å². The minimum atomic E-state index is -0.514. The van der Waals surface area contributed by atoms with Crippen LogP contribution in [-0.2, 0) is 21.5 Å². The Hall–Kier alpha value is -2.70. The number of aromatic nitrogens is 3. The summed E-state index contributed by atoms with van der Waals surface area (Å²) < 4.78 is 0. The van der Waals surface area contributed by atoms with Gasteiger partial charge < -0.3 is 5.32 Å². The highest BCUT2D eigenvalue weighted by atomic mass is 16.2. The van der Waals surface area contributed by atoms with Gasteiger partial charge in [-0.2, -0.15) is 5.10 Å². The van der Waals surface area contributed by atoms with Crippen molar-refractivity contribution in [2.45, 2.75) is 44.2 Å². The minimum Gasteiger partial charge on any atom is -0.342 e. The summed E-state index contributed by atoms with van der Waals surface area (Å²) in [4.78, 5) is 30.9. The second-order valence-corrected chi connectivity index (χ2v) is 6.50. The number of carbonyl (C=O) groups is 2. The van der Waals surface area contributed by atoms with Gasteiger partial charge in [0.25, 0.3) is 0 Å². The highest BCUT2D eigenvalue weighted by molar-refractivity contribution is 6.02. The first kappa shape index (κ1) is 14.9. The molecule has 7 nitrogen and oxygen atoms in total. The van der Waals surface area contributed by atoms with Gasteiger partial charge in [0.1, 0.15) is 18.2 Å². The molecular formula is C17H19N5O2. The molecule has 1 aliphatic heterocycles. The molecule has 4 rings (SSSR count). The number of benzene rings is 1. The maximum Gasteiger partial charge on any atom is 0.244 e. The molecule has 0 radical (unpaired) electrons. The molecule has 2 amide bonds. The third-order valence-corrected chi connectivity index (χ3v) is 5.06. The van der Waals surface area contributed by atoms with E-state index in [4.69, 9.17) is 0 Å². The summed E-state index contributed by atoms with van der Waals surface area (Å²) in [5.41, 5.74) is 1.37. The number of amides is 2. The third kappa shape index (κ3) is 2.19. The van der Waals surface area contributed by atoms with E-state index in [0.29, 0.717) is 12.2 Å². The summed E-state index contributed by atoms with van der Waals surface area (Å²) >= 11 is 0. The van der Waals surface area contributed by atoms with Crippen LogP contribution in [-0.4, -0.2) is 33.0 Å². The number of anilines is 1. The number of fused-ring (bicyclic) bond motifs is 1. The second-order valence-electron chi connectivity index (χ2n) is 6.50. The number of hydrogen-bond acceptors (Lipinski definition) is 4. The fourth-order valence-electron chi connectivity index (χ4n) is 3.69. The molecule has 1 saturated carbocycles. The number of carbonyl (C=O) groups excluding carboxylic acids is 2. The molecule has 24 heavy (non-hydrogen) atoms. The largest absolute Gasteiger partial charge is 0.342 e. The van der Waals surface area contributed by atoms with Crippen LogP contribution in [0, 0.1) is 0 Å². The first-order valence-electron chi connectivity index (χ1n) is 8.16. The second kappa shape index (κ2) is 5.43. The Kier molecular flexibility index (Phi) is 3.37. The predicted octanol–water partition coefficient (Wildman–Crippen LogP) is 1.28. The number of rotatable bonds is 3. The van der Waals surface area contributed by atoms with Gasteiger partial charge in [0.2, 0.25) is 11.8 Å². The first-order chi connectivity index (χ1) is 11.6. The summed E-state index contributed by atoms with van der Waals surface area (Å²) in [7, 11) is 0. The number of aromatic amines is 1. The van der Waals surface area contributed by atoms with E-state index in [-0.39, 0.29) is 11.8 Å². The minimum absolute atomic E-state index is 0.123. The van der Waals surface area contributed by atoms with Gasteiger partial charge in [-0.25, -0.2) is 4.98 Å². The molecule has 124 valence electrons. The van der Waals surface area contributed by atoms with Gasteiger partial charge in [0, 0.05) is 19.0 Å². The average molecular weight is 325 g/mol. The Morgan fingerprint density at radius 3 is 2.75 bits per heavy atom. The van der Waals surface area contributed by atoms with E-state index in [2.05, 4.69) is 20.5 Å². The van der Waals surface area contributed by atoms with Crippen molar-refractivity contribution in [1.82, 2.24) is 20.5 Å². The van der Waals surface area contributed by atoms with Gasteiger partial charge in [-0.15, -0.1) is 0 Å². The van der Waals surface area contributed by atoms with Crippen LogP contribution in [0.1, 0.15) is 37.6 Å². The topological polar surface area (TPSA) is 91.0 Å². The molecular weight excluding hydrogens is 306 g/mol. The molecule has 1 fully saturated rings. The van der Waals surface area contributed by atoms with Crippen LogP contribution >= 0.6 is 0 Å². The van der Waals surface area contributed by atoms with Gasteiger partial charge in [-0.05, 0) is 30.9 Å². The van der Waals surface area contributed by atoms with E-state index in [1.54, 1.807) is 4.90 Å². The molecule has 2 heterocycles. The summed E-state index contributed by atoms with van der Waals surface area (Å²) in [5.74, 6) is 0.423. The summed E-state index contributed by atoms with van der Waals surface area (Å²) in [6.07, 6.45) is 4.67. The average Bonchev–Trinajstić information content (AvgIpc) is 3.17. The Balaban J connectivity index is 1.60. The molecule has 0 saturated heterocycles. The van der Waals surface area contributed by atoms with Crippen molar-refractivity contribution < 1.29 is 9.59 Å². The van der Waals surface area contributed by atoms with Gasteiger partial charge >= 0.3 is 0 Å². The molecule has 2 aliphatic rings. The van der Waals surface area contributed by atoms with Crippen molar-refractivity contribution in [2.24, 2.45) is 0 Å². The third-order valence-electron chi connectivity index (χ3n) is 5.06. The van der Waals surface area contributed by atoms with Crippen molar-refractivity contribution in [2.75, 3.05) is 4.90 Å². The highest BCUT2D eigenvalue weighted by Gasteiger charge is 2.46. The van der Waals surface area contributed by atoms with E-state index in [1.165, 1.54) is 13.3 Å². The Labute approximate surface area is 139 Å². The Morgan fingerprint density at radius 2 is 2.12 bits per heavy atom. The van der Waals surface area contributed by atoms with Crippen LogP contribution in [0.25, 0.3) is 0 Å². The van der Waals surface area contributed by atoms with Crippen LogP contribution in [0.3, 0.4) is 0 Å². The smallest absolute Gasteiger partial charge is 0.244 e. The summed E-state index contributed by atoms with van der Waals surface area (Å²) in [6, 6.07) is 7.16.